The molecular weight excluding hydrogens is 292 g/mol. The van der Waals surface area contributed by atoms with Crippen LogP contribution in [-0.2, 0) is 16.1 Å². The van der Waals surface area contributed by atoms with Gasteiger partial charge in [-0.25, -0.2) is 0 Å². The van der Waals surface area contributed by atoms with Gasteiger partial charge in [0.1, 0.15) is 11.6 Å². The van der Waals surface area contributed by atoms with Gasteiger partial charge in [-0.15, -0.1) is 0 Å². The van der Waals surface area contributed by atoms with Crippen molar-refractivity contribution >= 4 is 11.9 Å². The molecule has 128 valence electrons. The molecule has 0 fully saturated rings. The zero-order chi connectivity index (χ0) is 17.5. The summed E-state index contributed by atoms with van der Waals surface area (Å²) in [5.41, 5.74) is 6.16. The van der Waals surface area contributed by atoms with Crippen LogP contribution in [0.4, 0.5) is 0 Å². The first-order chi connectivity index (χ1) is 10.7. The molecule has 0 aliphatic heterocycles. The van der Waals surface area contributed by atoms with Crippen LogP contribution in [-0.4, -0.2) is 23.5 Å². The van der Waals surface area contributed by atoms with Crippen LogP contribution in [0.2, 0.25) is 0 Å². The van der Waals surface area contributed by atoms with E-state index in [1.807, 2.05) is 26.8 Å². The summed E-state index contributed by atoms with van der Waals surface area (Å²) in [6.45, 7) is 8.14. The first kappa shape index (κ1) is 19.2. The predicted octanol–water partition coefficient (Wildman–Crippen LogP) is 2.78. The standard InChI is InChI=1S/C18H28N2O3/c1-5-6-10-15(17(22)23-18(2,3)4)20-12-13-8-7-9-14(11-13)16(19)21/h7-9,11,15,20H,5-6,10,12H2,1-4H3,(H2,19,21)/t15-/m1/s1. The van der Waals surface area contributed by atoms with Crippen molar-refractivity contribution in [3.05, 3.63) is 35.4 Å². The lowest BCUT2D eigenvalue weighted by Crippen LogP contribution is -2.41. The normalized spacial score (nSPS) is 12.7. The van der Waals surface area contributed by atoms with Gasteiger partial charge in [0.2, 0.25) is 5.91 Å². The van der Waals surface area contributed by atoms with Crippen LogP contribution in [0.3, 0.4) is 0 Å². The van der Waals surface area contributed by atoms with Crippen molar-refractivity contribution in [2.75, 3.05) is 0 Å². The minimum absolute atomic E-state index is 0.239. The number of carbonyl (C=O) groups excluding carboxylic acids is 2. The molecule has 0 aliphatic rings. The second-order valence-electron chi connectivity index (χ2n) is 6.67. The van der Waals surface area contributed by atoms with Crippen molar-refractivity contribution in [3.63, 3.8) is 0 Å². The summed E-state index contributed by atoms with van der Waals surface area (Å²) in [6.07, 6.45) is 2.68. The van der Waals surface area contributed by atoms with Crippen LogP contribution in [0.5, 0.6) is 0 Å². The number of benzene rings is 1. The van der Waals surface area contributed by atoms with E-state index < -0.39 is 11.5 Å². The molecule has 1 amide bonds. The number of esters is 1. The zero-order valence-electron chi connectivity index (χ0n) is 14.5. The second-order valence-corrected chi connectivity index (χ2v) is 6.67. The molecule has 1 aromatic carbocycles. The largest absolute Gasteiger partial charge is 0.459 e. The molecular formula is C18H28N2O3. The van der Waals surface area contributed by atoms with E-state index in [-0.39, 0.29) is 12.0 Å². The van der Waals surface area contributed by atoms with Gasteiger partial charge >= 0.3 is 5.97 Å². The van der Waals surface area contributed by atoms with Crippen molar-refractivity contribution in [3.8, 4) is 0 Å². The molecule has 0 radical (unpaired) electrons. The highest BCUT2D eigenvalue weighted by Crippen LogP contribution is 2.12. The molecule has 3 N–H and O–H groups in total. The van der Waals surface area contributed by atoms with Gasteiger partial charge in [0.15, 0.2) is 0 Å². The lowest BCUT2D eigenvalue weighted by atomic mass is 10.1. The van der Waals surface area contributed by atoms with E-state index >= 15 is 0 Å². The molecule has 0 spiro atoms. The molecule has 0 heterocycles. The van der Waals surface area contributed by atoms with Crippen molar-refractivity contribution in [1.82, 2.24) is 5.32 Å². The smallest absolute Gasteiger partial charge is 0.323 e. The SMILES string of the molecule is CCCC[C@@H](NCc1cccc(C(N)=O)c1)C(=O)OC(C)(C)C. The fraction of sp³-hybridized carbons (Fsp3) is 0.556. The van der Waals surface area contributed by atoms with Crippen LogP contribution >= 0.6 is 0 Å². The molecule has 1 atom stereocenters. The monoisotopic (exact) mass is 320 g/mol. The van der Waals surface area contributed by atoms with Crippen molar-refractivity contribution in [2.24, 2.45) is 5.73 Å². The quantitative estimate of drug-likeness (QED) is 0.722. The Bertz CT molecular complexity index is 535. The Morgan fingerprint density at radius 3 is 2.57 bits per heavy atom. The van der Waals surface area contributed by atoms with Gasteiger partial charge < -0.3 is 15.8 Å². The second kappa shape index (κ2) is 8.67. The number of unbranched alkanes of at least 4 members (excludes halogenated alkanes) is 1. The van der Waals surface area contributed by atoms with Crippen LogP contribution in [0.15, 0.2) is 24.3 Å². The van der Waals surface area contributed by atoms with Gasteiger partial charge in [-0.1, -0.05) is 31.9 Å². The summed E-state index contributed by atoms with van der Waals surface area (Å²) >= 11 is 0. The molecule has 1 aromatic rings. The maximum Gasteiger partial charge on any atom is 0.323 e. The van der Waals surface area contributed by atoms with Crippen LogP contribution < -0.4 is 11.1 Å². The van der Waals surface area contributed by atoms with Crippen LogP contribution in [0.1, 0.15) is 62.9 Å². The van der Waals surface area contributed by atoms with Gasteiger partial charge in [-0.3, -0.25) is 9.59 Å². The molecule has 1 rings (SSSR count). The molecule has 23 heavy (non-hydrogen) atoms. The van der Waals surface area contributed by atoms with E-state index in [9.17, 15) is 9.59 Å². The minimum Gasteiger partial charge on any atom is -0.459 e. The highest BCUT2D eigenvalue weighted by molar-refractivity contribution is 5.92. The first-order valence-electron chi connectivity index (χ1n) is 8.08. The molecule has 0 aliphatic carbocycles. The van der Waals surface area contributed by atoms with E-state index in [2.05, 4.69) is 12.2 Å². The number of ether oxygens (including phenoxy) is 1. The third kappa shape index (κ3) is 7.28. The van der Waals surface area contributed by atoms with Crippen LogP contribution in [0.25, 0.3) is 0 Å². The maximum atomic E-state index is 12.3. The third-order valence-corrected chi connectivity index (χ3v) is 3.30. The highest BCUT2D eigenvalue weighted by Gasteiger charge is 2.24. The predicted molar refractivity (Wildman–Crippen MR) is 91.0 cm³/mol. The summed E-state index contributed by atoms with van der Waals surface area (Å²) in [5, 5.41) is 3.23. The number of nitrogens with one attached hydrogen (secondary N) is 1. The Hall–Kier alpha value is -1.88. The Morgan fingerprint density at radius 1 is 1.30 bits per heavy atom. The van der Waals surface area contributed by atoms with Gasteiger partial charge in [-0.2, -0.15) is 0 Å². The lowest BCUT2D eigenvalue weighted by molar-refractivity contribution is -0.157. The third-order valence-electron chi connectivity index (χ3n) is 3.30. The van der Waals surface area contributed by atoms with Crippen LogP contribution in [0, 0.1) is 0 Å². The molecule has 5 nitrogen and oxygen atoms in total. The van der Waals surface area contributed by atoms with Crippen molar-refractivity contribution < 1.29 is 14.3 Å². The number of hydrogen-bond acceptors (Lipinski definition) is 4. The van der Waals surface area contributed by atoms with E-state index in [0.29, 0.717) is 12.1 Å². The summed E-state index contributed by atoms with van der Waals surface area (Å²) in [6, 6.07) is 6.73. The fourth-order valence-electron chi connectivity index (χ4n) is 2.16. The molecule has 0 saturated heterocycles. The summed E-state index contributed by atoms with van der Waals surface area (Å²) in [4.78, 5) is 23.5. The highest BCUT2D eigenvalue weighted by atomic mass is 16.6. The van der Waals surface area contributed by atoms with Gasteiger partial charge in [0.05, 0.1) is 0 Å². The zero-order valence-corrected chi connectivity index (χ0v) is 14.5. The molecule has 5 heteroatoms. The summed E-state index contributed by atoms with van der Waals surface area (Å²) < 4.78 is 5.47. The average molecular weight is 320 g/mol. The number of rotatable bonds is 8. The Kier molecular flexibility index (Phi) is 7.23. The first-order valence-corrected chi connectivity index (χ1v) is 8.08. The van der Waals surface area contributed by atoms with E-state index in [1.165, 1.54) is 0 Å². The van der Waals surface area contributed by atoms with E-state index in [0.717, 1.165) is 24.8 Å². The van der Waals surface area contributed by atoms with E-state index in [1.54, 1.807) is 18.2 Å². The molecule has 0 saturated carbocycles. The average Bonchev–Trinajstić information content (AvgIpc) is 2.45. The minimum atomic E-state index is -0.505. The van der Waals surface area contributed by atoms with Gasteiger partial charge in [0.25, 0.3) is 0 Å². The number of primary amides is 1. The van der Waals surface area contributed by atoms with Gasteiger partial charge in [-0.05, 0) is 44.9 Å². The Labute approximate surface area is 138 Å². The van der Waals surface area contributed by atoms with Crippen molar-refractivity contribution in [1.29, 1.82) is 0 Å². The number of hydrogen-bond donors (Lipinski definition) is 2. The van der Waals surface area contributed by atoms with Crippen molar-refractivity contribution in [2.45, 2.75) is 65.1 Å². The number of carbonyl (C=O) groups is 2. The fourth-order valence-corrected chi connectivity index (χ4v) is 2.16. The number of nitrogens with two attached hydrogens (primary N) is 1. The number of amides is 1. The summed E-state index contributed by atoms with van der Waals surface area (Å²) in [5.74, 6) is -0.696. The topological polar surface area (TPSA) is 81.4 Å². The van der Waals surface area contributed by atoms with E-state index in [4.69, 9.17) is 10.5 Å². The maximum absolute atomic E-state index is 12.3. The van der Waals surface area contributed by atoms with Gasteiger partial charge in [0, 0.05) is 12.1 Å². The molecule has 0 bridgehead atoms. The Balaban J connectivity index is 2.72. The Morgan fingerprint density at radius 2 is 2.00 bits per heavy atom. The molecule has 0 unspecified atom stereocenters. The molecule has 0 aromatic heterocycles. The lowest BCUT2D eigenvalue weighted by Gasteiger charge is -2.24. The summed E-state index contributed by atoms with van der Waals surface area (Å²) in [7, 11) is 0.